The lowest BCUT2D eigenvalue weighted by molar-refractivity contribution is 0.198. The lowest BCUT2D eigenvalue weighted by Gasteiger charge is -2.32. The number of aliphatic hydroxyl groups is 1. The Morgan fingerprint density at radius 2 is 1.30 bits per heavy atom. The van der Waals surface area contributed by atoms with Crippen molar-refractivity contribution < 1.29 is 5.11 Å². The van der Waals surface area contributed by atoms with Gasteiger partial charge in [0.1, 0.15) is 0 Å². The molecular weight excluding hydrogens is 260 g/mol. The summed E-state index contributed by atoms with van der Waals surface area (Å²) in [6.07, 6.45) is -0.408. The van der Waals surface area contributed by atoms with E-state index in [0.29, 0.717) is 5.54 Å². The van der Waals surface area contributed by atoms with Crippen molar-refractivity contribution in [3.05, 3.63) is 65.7 Å². The molecule has 1 nitrogen and oxygen atoms in total. The molecule has 2 aromatic rings. The largest absolute Gasteiger partial charge is 0.389 e. The summed E-state index contributed by atoms with van der Waals surface area (Å²) in [5, 5.41) is 11.5. The first kappa shape index (κ1) is 15.0. The van der Waals surface area contributed by atoms with Gasteiger partial charge in [0.25, 0.3) is 0 Å². The molecule has 106 valence electrons. The van der Waals surface area contributed by atoms with E-state index in [4.69, 9.17) is 0 Å². The number of hydrogen-bond donors (Lipinski definition) is 1. The number of rotatable bonds is 4. The fraction of sp³-hybridized carbons (Fsp3) is 0.333. The molecule has 0 fully saturated rings. The van der Waals surface area contributed by atoms with E-state index in [9.17, 15) is 5.11 Å². The predicted octanol–water partition coefficient (Wildman–Crippen LogP) is 4.00. The van der Waals surface area contributed by atoms with Crippen LogP contribution in [-0.4, -0.2) is 13.2 Å². The molecule has 1 N–H and O–H groups in total. The summed E-state index contributed by atoms with van der Waals surface area (Å²) in [5.41, 5.74) is 2.83. The van der Waals surface area contributed by atoms with Gasteiger partial charge in [-0.1, -0.05) is 79.8 Å². The van der Waals surface area contributed by atoms with E-state index in [0.717, 1.165) is 5.56 Å². The molecule has 0 radical (unpaired) electrons. The Morgan fingerprint density at radius 3 is 1.85 bits per heavy atom. The summed E-state index contributed by atoms with van der Waals surface area (Å²) in [6.45, 7) is 8.97. The quantitative estimate of drug-likeness (QED) is 0.841. The first-order valence-corrected chi connectivity index (χ1v) is 10.3. The van der Waals surface area contributed by atoms with Crippen molar-refractivity contribution in [3.63, 3.8) is 0 Å². The first-order chi connectivity index (χ1) is 9.44. The molecule has 0 heterocycles. The van der Waals surface area contributed by atoms with Gasteiger partial charge < -0.3 is 5.11 Å². The molecule has 2 heteroatoms. The third-order valence-corrected chi connectivity index (χ3v) is 8.81. The molecule has 0 spiro atoms. The lowest BCUT2D eigenvalue weighted by Crippen LogP contribution is -2.46. The maximum atomic E-state index is 10.0. The Morgan fingerprint density at radius 1 is 0.800 bits per heavy atom. The van der Waals surface area contributed by atoms with Gasteiger partial charge in [0.15, 0.2) is 0 Å². The van der Waals surface area contributed by atoms with Gasteiger partial charge >= 0.3 is 0 Å². The topological polar surface area (TPSA) is 20.2 Å². The molecule has 2 aromatic carbocycles. The summed E-state index contributed by atoms with van der Waals surface area (Å²) in [7, 11) is -1.61. The van der Waals surface area contributed by atoms with Crippen molar-refractivity contribution in [1.29, 1.82) is 0 Å². The highest BCUT2D eigenvalue weighted by Crippen LogP contribution is 2.31. The van der Waals surface area contributed by atoms with Crippen LogP contribution in [-0.2, 0) is 0 Å². The Labute approximate surface area is 123 Å². The van der Waals surface area contributed by atoms with Crippen LogP contribution in [0.5, 0.6) is 0 Å². The summed E-state index contributed by atoms with van der Waals surface area (Å²) in [4.78, 5) is 0. The van der Waals surface area contributed by atoms with E-state index < -0.39 is 14.2 Å². The molecule has 0 aliphatic heterocycles. The second-order valence-electron chi connectivity index (χ2n) is 6.11. The third kappa shape index (κ3) is 2.86. The number of benzene rings is 2. The molecule has 2 atom stereocenters. The summed E-state index contributed by atoms with van der Waals surface area (Å²) >= 11 is 0. The van der Waals surface area contributed by atoms with E-state index in [1.807, 2.05) is 19.1 Å². The van der Waals surface area contributed by atoms with Gasteiger partial charge in [-0.2, -0.15) is 0 Å². The minimum absolute atomic E-state index is 0.408. The molecule has 0 aliphatic rings. The summed E-state index contributed by atoms with van der Waals surface area (Å²) in [5.74, 6) is 0. The van der Waals surface area contributed by atoms with Crippen LogP contribution in [0.4, 0.5) is 0 Å². The Hall–Kier alpha value is -1.38. The van der Waals surface area contributed by atoms with Crippen LogP contribution < -0.4 is 5.19 Å². The Bertz CT molecular complexity index is 561. The molecule has 2 rings (SSSR count). The van der Waals surface area contributed by atoms with Gasteiger partial charge in [0, 0.05) is 0 Å². The van der Waals surface area contributed by atoms with E-state index >= 15 is 0 Å². The maximum absolute atomic E-state index is 10.0. The zero-order valence-electron chi connectivity index (χ0n) is 12.8. The molecule has 0 aliphatic carbocycles. The second kappa shape index (κ2) is 5.94. The smallest absolute Gasteiger partial charge is 0.0877 e. The fourth-order valence-electron chi connectivity index (χ4n) is 2.79. The highest BCUT2D eigenvalue weighted by molar-refractivity contribution is 6.90. The zero-order chi connectivity index (χ0) is 14.8. The lowest BCUT2D eigenvalue weighted by atomic mass is 10.0. The number of aliphatic hydroxyl groups excluding tert-OH is 1. The maximum Gasteiger partial charge on any atom is 0.0877 e. The molecule has 0 amide bonds. The van der Waals surface area contributed by atoms with Crippen LogP contribution in [0, 0.1) is 0 Å². The SMILES string of the molecule is C[C@@H](O)c1ccccc1[C@H](C)[Si](C)(C)c1ccccc1. The van der Waals surface area contributed by atoms with Crippen LogP contribution in [0.25, 0.3) is 0 Å². The van der Waals surface area contributed by atoms with Gasteiger partial charge in [-0.15, -0.1) is 0 Å². The molecular formula is C18H24OSi. The normalized spacial score (nSPS) is 14.8. The monoisotopic (exact) mass is 284 g/mol. The van der Waals surface area contributed by atoms with Crippen LogP contribution in [0.2, 0.25) is 13.1 Å². The minimum Gasteiger partial charge on any atom is -0.389 e. The van der Waals surface area contributed by atoms with Gasteiger partial charge in [0.2, 0.25) is 0 Å². The van der Waals surface area contributed by atoms with Gasteiger partial charge in [-0.05, 0) is 23.6 Å². The highest BCUT2D eigenvalue weighted by Gasteiger charge is 2.32. The van der Waals surface area contributed by atoms with Gasteiger partial charge in [0.05, 0.1) is 14.2 Å². The molecule has 0 bridgehead atoms. The average molecular weight is 284 g/mol. The molecule has 20 heavy (non-hydrogen) atoms. The fourth-order valence-corrected chi connectivity index (χ4v) is 5.38. The van der Waals surface area contributed by atoms with Gasteiger partial charge in [-0.25, -0.2) is 0 Å². The summed E-state index contributed by atoms with van der Waals surface area (Å²) < 4.78 is 0. The minimum atomic E-state index is -1.61. The predicted molar refractivity (Wildman–Crippen MR) is 89.0 cm³/mol. The average Bonchev–Trinajstić information content (AvgIpc) is 2.47. The van der Waals surface area contributed by atoms with Gasteiger partial charge in [-0.3, -0.25) is 0 Å². The Balaban J connectivity index is 2.43. The number of hydrogen-bond acceptors (Lipinski definition) is 1. The standard InChI is InChI=1S/C18H24OSi/c1-14(19)17-12-8-9-13-18(17)15(2)20(3,4)16-10-6-5-7-11-16/h5-15,19H,1-4H3/t14-,15+/m1/s1. The third-order valence-electron chi connectivity index (χ3n) is 4.51. The molecule has 0 aromatic heterocycles. The van der Waals surface area contributed by atoms with E-state index in [2.05, 4.69) is 62.5 Å². The Kier molecular flexibility index (Phi) is 4.46. The van der Waals surface area contributed by atoms with E-state index in [1.165, 1.54) is 10.8 Å². The molecule has 0 unspecified atom stereocenters. The van der Waals surface area contributed by atoms with E-state index in [-0.39, 0.29) is 0 Å². The van der Waals surface area contributed by atoms with Crippen molar-refractivity contribution in [2.45, 2.75) is 38.6 Å². The van der Waals surface area contributed by atoms with Crippen molar-refractivity contribution in [3.8, 4) is 0 Å². The molecule has 0 saturated carbocycles. The molecule has 0 saturated heterocycles. The van der Waals surface area contributed by atoms with Crippen LogP contribution >= 0.6 is 0 Å². The van der Waals surface area contributed by atoms with Crippen molar-refractivity contribution in [2.75, 3.05) is 0 Å². The zero-order valence-corrected chi connectivity index (χ0v) is 13.8. The second-order valence-corrected chi connectivity index (χ2v) is 11.0. The van der Waals surface area contributed by atoms with Crippen LogP contribution in [0.1, 0.15) is 36.6 Å². The van der Waals surface area contributed by atoms with Crippen LogP contribution in [0.3, 0.4) is 0 Å². The van der Waals surface area contributed by atoms with Crippen molar-refractivity contribution in [1.82, 2.24) is 0 Å². The van der Waals surface area contributed by atoms with Crippen molar-refractivity contribution >= 4 is 13.3 Å². The first-order valence-electron chi connectivity index (χ1n) is 7.27. The van der Waals surface area contributed by atoms with Crippen molar-refractivity contribution in [2.24, 2.45) is 0 Å². The van der Waals surface area contributed by atoms with Crippen LogP contribution in [0.15, 0.2) is 54.6 Å². The summed E-state index contributed by atoms with van der Waals surface area (Å²) in [6, 6.07) is 19.1. The highest BCUT2D eigenvalue weighted by atomic mass is 28.3. The van der Waals surface area contributed by atoms with E-state index in [1.54, 1.807) is 0 Å².